The molecule has 0 unspecified atom stereocenters. The molecule has 34 heavy (non-hydrogen) atoms. The second-order valence-corrected chi connectivity index (χ2v) is 9.55. The third-order valence-electron chi connectivity index (χ3n) is 5.26. The lowest BCUT2D eigenvalue weighted by Gasteiger charge is -2.15. The van der Waals surface area contributed by atoms with Gasteiger partial charge < -0.3 is 14.8 Å². The first kappa shape index (κ1) is 25.3. The van der Waals surface area contributed by atoms with Gasteiger partial charge in [-0.25, -0.2) is 22.0 Å². The van der Waals surface area contributed by atoms with Gasteiger partial charge in [0, 0.05) is 23.6 Å². The summed E-state index contributed by atoms with van der Waals surface area (Å²) in [5.41, 5.74) is 1.87. The van der Waals surface area contributed by atoms with Crippen LogP contribution in [0, 0.1) is 6.92 Å². The zero-order valence-corrected chi connectivity index (χ0v) is 20.3. The van der Waals surface area contributed by atoms with Crippen LogP contribution in [0.3, 0.4) is 0 Å². The van der Waals surface area contributed by atoms with E-state index in [9.17, 15) is 22.8 Å². The highest BCUT2D eigenvalue weighted by Crippen LogP contribution is 2.29. The van der Waals surface area contributed by atoms with E-state index in [2.05, 4.69) is 10.1 Å². The van der Waals surface area contributed by atoms with Crippen molar-refractivity contribution in [2.24, 2.45) is 0 Å². The molecular weight excluding hydrogens is 484 g/mol. The minimum absolute atomic E-state index is 0.0691. The van der Waals surface area contributed by atoms with Crippen molar-refractivity contribution in [3.63, 3.8) is 0 Å². The van der Waals surface area contributed by atoms with Crippen LogP contribution >= 0.6 is 11.6 Å². The van der Waals surface area contributed by atoms with Crippen LogP contribution in [0.1, 0.15) is 21.5 Å². The summed E-state index contributed by atoms with van der Waals surface area (Å²) >= 11 is 5.69. The van der Waals surface area contributed by atoms with Crippen molar-refractivity contribution in [3.05, 3.63) is 65.4 Å². The van der Waals surface area contributed by atoms with Crippen molar-refractivity contribution in [3.8, 4) is 0 Å². The lowest BCUT2D eigenvalue weighted by Crippen LogP contribution is -2.43. The molecule has 0 aliphatic heterocycles. The smallest absolute Gasteiger partial charge is 0.407 e. The number of aromatic nitrogens is 1. The number of carbonyl (C=O) groups is 3. The van der Waals surface area contributed by atoms with Crippen LogP contribution in [0.15, 0.2) is 53.6 Å². The number of alkyl carbamates (subject to hydrolysis) is 1. The molecule has 0 fully saturated rings. The van der Waals surface area contributed by atoms with Crippen LogP contribution in [0.25, 0.3) is 10.9 Å². The first-order chi connectivity index (χ1) is 16.1. The van der Waals surface area contributed by atoms with Gasteiger partial charge in [0.15, 0.2) is 5.78 Å². The zero-order valence-electron chi connectivity index (χ0n) is 18.7. The Kier molecular flexibility index (Phi) is 7.63. The number of fused-ring (bicyclic) bond motifs is 1. The Labute approximate surface area is 201 Å². The molecule has 0 bridgehead atoms. The third kappa shape index (κ3) is 5.07. The number of aryl methyl sites for hydroxylation is 1. The Hall–Kier alpha value is -3.37. The summed E-state index contributed by atoms with van der Waals surface area (Å²) in [5, 5.41) is 2.79. The Morgan fingerprint density at radius 1 is 1.06 bits per heavy atom. The van der Waals surface area contributed by atoms with Gasteiger partial charge in [-0.15, -0.1) is 11.6 Å². The first-order valence-electron chi connectivity index (χ1n) is 10.1. The zero-order chi connectivity index (χ0) is 25.0. The summed E-state index contributed by atoms with van der Waals surface area (Å²) < 4.78 is 37.3. The predicted octanol–water partition coefficient (Wildman–Crippen LogP) is 3.05. The van der Waals surface area contributed by atoms with Gasteiger partial charge in [-0.3, -0.25) is 4.79 Å². The molecule has 180 valence electrons. The average Bonchev–Trinajstić information content (AvgIpc) is 3.21. The normalized spacial score (nSPS) is 12.2. The number of methoxy groups -OCH3 is 2. The number of alkyl halides is 1. The molecule has 3 aromatic rings. The molecule has 0 spiro atoms. The standard InChI is InChI=1S/C23H23ClN2O7S/c1-14-4-7-17(8-5-14)34(30,31)26-13-16(11-19(22(28)32-2)25-23(29)33-3)18-10-15(21(27)12-24)6-9-20(18)26/h4-10,13,19H,11-12H2,1-3H3,(H,25,29)/t19-/m0/s1. The number of amides is 1. The molecule has 1 heterocycles. The van der Waals surface area contributed by atoms with Gasteiger partial charge in [0.25, 0.3) is 10.0 Å². The molecule has 3 rings (SSSR count). The van der Waals surface area contributed by atoms with E-state index in [1.807, 2.05) is 6.92 Å². The van der Waals surface area contributed by atoms with Crippen molar-refractivity contribution < 1.29 is 32.3 Å². The molecular formula is C23H23ClN2O7S. The number of benzene rings is 2. The number of hydrogen-bond acceptors (Lipinski definition) is 7. The SMILES string of the molecule is COC(=O)N[C@@H](Cc1cn(S(=O)(=O)c2ccc(C)cc2)c2ccc(C(=O)CCl)cc12)C(=O)OC. The molecule has 1 N–H and O–H groups in total. The Morgan fingerprint density at radius 2 is 1.74 bits per heavy atom. The Morgan fingerprint density at radius 3 is 2.32 bits per heavy atom. The fourth-order valence-electron chi connectivity index (χ4n) is 3.46. The number of carbonyl (C=O) groups excluding carboxylic acids is 3. The second kappa shape index (κ2) is 10.3. The summed E-state index contributed by atoms with van der Waals surface area (Å²) in [7, 11) is -1.70. The number of Topliss-reactive ketones (excluding diaryl/α,β-unsaturated/α-hetero) is 1. The summed E-state index contributed by atoms with van der Waals surface area (Å²) in [5.74, 6) is -1.35. The van der Waals surface area contributed by atoms with Gasteiger partial charge in [0.1, 0.15) is 6.04 Å². The van der Waals surface area contributed by atoms with Gasteiger partial charge in [-0.2, -0.15) is 0 Å². The number of nitrogens with zero attached hydrogens (tertiary/aromatic N) is 1. The summed E-state index contributed by atoms with van der Waals surface area (Å²) in [4.78, 5) is 36.3. The minimum Gasteiger partial charge on any atom is -0.467 e. The van der Waals surface area contributed by atoms with Crippen molar-refractivity contribution >= 4 is 50.4 Å². The molecule has 1 atom stereocenters. The predicted molar refractivity (Wildman–Crippen MR) is 126 cm³/mol. The summed E-state index contributed by atoms with van der Waals surface area (Å²) in [6, 6.07) is 9.71. The number of ether oxygens (including phenoxy) is 2. The topological polar surface area (TPSA) is 121 Å². The molecule has 0 saturated heterocycles. The van der Waals surface area contributed by atoms with E-state index < -0.39 is 28.1 Å². The lowest BCUT2D eigenvalue weighted by atomic mass is 10.0. The fraction of sp³-hybridized carbons (Fsp3) is 0.261. The largest absolute Gasteiger partial charge is 0.467 e. The lowest BCUT2D eigenvalue weighted by molar-refractivity contribution is -0.142. The van der Waals surface area contributed by atoms with Crippen LogP contribution in [-0.4, -0.2) is 56.4 Å². The maximum Gasteiger partial charge on any atom is 0.407 e. The van der Waals surface area contributed by atoms with E-state index in [1.54, 1.807) is 12.1 Å². The number of ketones is 1. The van der Waals surface area contributed by atoms with Crippen molar-refractivity contribution in [2.45, 2.75) is 24.3 Å². The number of esters is 1. The highest BCUT2D eigenvalue weighted by molar-refractivity contribution is 7.90. The van der Waals surface area contributed by atoms with Crippen molar-refractivity contribution in [1.82, 2.24) is 9.29 Å². The molecule has 0 aliphatic rings. The molecule has 2 aromatic carbocycles. The summed E-state index contributed by atoms with van der Waals surface area (Å²) in [6.45, 7) is 1.84. The number of halogens is 1. The van der Waals surface area contributed by atoms with Gasteiger partial charge in [-0.1, -0.05) is 17.7 Å². The highest BCUT2D eigenvalue weighted by Gasteiger charge is 2.27. The Balaban J connectivity index is 2.20. The Bertz CT molecular complexity index is 1350. The van der Waals surface area contributed by atoms with Gasteiger partial charge in [-0.05, 0) is 42.8 Å². The molecule has 0 saturated carbocycles. The maximum atomic E-state index is 13.4. The number of rotatable bonds is 8. The van der Waals surface area contributed by atoms with Crippen LogP contribution in [-0.2, 0) is 30.7 Å². The van der Waals surface area contributed by atoms with E-state index in [-0.39, 0.29) is 28.5 Å². The number of hydrogen-bond donors (Lipinski definition) is 1. The first-order valence-corrected chi connectivity index (χ1v) is 12.1. The molecule has 1 amide bonds. The van der Waals surface area contributed by atoms with Gasteiger partial charge >= 0.3 is 12.1 Å². The van der Waals surface area contributed by atoms with Crippen LogP contribution in [0.5, 0.6) is 0 Å². The summed E-state index contributed by atoms with van der Waals surface area (Å²) in [6.07, 6.45) is 0.390. The second-order valence-electron chi connectivity index (χ2n) is 7.47. The molecule has 1 aromatic heterocycles. The van der Waals surface area contributed by atoms with Crippen LogP contribution in [0.2, 0.25) is 0 Å². The molecule has 9 nitrogen and oxygen atoms in total. The highest BCUT2D eigenvalue weighted by atomic mass is 35.5. The van der Waals surface area contributed by atoms with Crippen molar-refractivity contribution in [1.29, 1.82) is 0 Å². The maximum absolute atomic E-state index is 13.4. The van der Waals surface area contributed by atoms with Gasteiger partial charge in [0.2, 0.25) is 0 Å². The van der Waals surface area contributed by atoms with Gasteiger partial charge in [0.05, 0.1) is 30.5 Å². The van der Waals surface area contributed by atoms with Crippen LogP contribution in [0.4, 0.5) is 4.79 Å². The van der Waals surface area contributed by atoms with E-state index in [4.69, 9.17) is 16.3 Å². The average molecular weight is 507 g/mol. The van der Waals surface area contributed by atoms with Crippen molar-refractivity contribution in [2.75, 3.05) is 20.1 Å². The van der Waals surface area contributed by atoms with E-state index in [1.165, 1.54) is 36.5 Å². The molecule has 0 radical (unpaired) electrons. The minimum atomic E-state index is -4.01. The van der Waals surface area contributed by atoms with E-state index in [0.717, 1.165) is 23.8 Å². The molecule has 0 aliphatic carbocycles. The number of nitrogens with one attached hydrogen (secondary N) is 1. The van der Waals surface area contributed by atoms with E-state index in [0.29, 0.717) is 16.5 Å². The monoisotopic (exact) mass is 506 g/mol. The molecule has 11 heteroatoms. The van der Waals surface area contributed by atoms with E-state index >= 15 is 0 Å². The van der Waals surface area contributed by atoms with Crippen LogP contribution < -0.4 is 5.32 Å². The fourth-order valence-corrected chi connectivity index (χ4v) is 5.00. The third-order valence-corrected chi connectivity index (χ3v) is 7.19. The quantitative estimate of drug-likeness (QED) is 0.283.